The Kier molecular flexibility index (Phi) is 11.1. The highest BCUT2D eigenvalue weighted by Crippen LogP contribution is 2.27. The first-order valence-electron chi connectivity index (χ1n) is 12.9. The van der Waals surface area contributed by atoms with Gasteiger partial charge in [0.05, 0.1) is 0 Å². The molecule has 8 heteroatoms. The minimum absolute atomic E-state index is 0.0155. The van der Waals surface area contributed by atoms with Gasteiger partial charge in [-0.2, -0.15) is 0 Å². The normalized spacial score (nSPS) is 15.4. The Labute approximate surface area is 220 Å². The zero-order valence-corrected chi connectivity index (χ0v) is 23.2. The van der Waals surface area contributed by atoms with Crippen LogP contribution in [0.4, 0.5) is 5.82 Å². The lowest BCUT2D eigenvalue weighted by Gasteiger charge is -2.31. The monoisotopic (exact) mass is 517 g/mol. The smallest absolute Gasteiger partial charge is 0.251 e. The van der Waals surface area contributed by atoms with Crippen molar-refractivity contribution in [2.45, 2.75) is 70.3 Å². The molecule has 3 rings (SSSR count). The number of nitrogens with one attached hydrogen (secondary N) is 1. The third kappa shape index (κ3) is 8.96. The summed E-state index contributed by atoms with van der Waals surface area (Å²) >= 11 is 7.87. The second-order valence-corrected chi connectivity index (χ2v) is 10.9. The molecule has 2 aromatic rings. The van der Waals surface area contributed by atoms with Gasteiger partial charge in [-0.1, -0.05) is 56.3 Å². The fourth-order valence-electron chi connectivity index (χ4n) is 4.29. The number of benzene rings is 1. The van der Waals surface area contributed by atoms with E-state index in [9.17, 15) is 4.79 Å². The Morgan fingerprint density at radius 3 is 2.54 bits per heavy atom. The molecule has 0 radical (unpaired) electrons. The molecule has 1 atom stereocenters. The standard InChI is InChI=1S/C27H40ClN5OS/c1-5-32(6-2)15-7-8-21(4)29-26(34)23-11-9-22(10-12-23)19-35-27-30-24(28)18-25(31-27)33-16-13-20(3)14-17-33/h9-12,18,20-21H,5-8,13-17,19H2,1-4H3,(H,29,34). The maximum Gasteiger partial charge on any atom is 0.251 e. The zero-order valence-electron chi connectivity index (χ0n) is 21.6. The Bertz CT molecular complexity index is 930. The molecule has 1 aliphatic rings. The van der Waals surface area contributed by atoms with E-state index < -0.39 is 0 Å². The third-order valence-electron chi connectivity index (χ3n) is 6.74. The maximum absolute atomic E-state index is 12.6. The lowest BCUT2D eigenvalue weighted by molar-refractivity contribution is 0.0937. The van der Waals surface area contributed by atoms with Crippen LogP contribution in [0.25, 0.3) is 0 Å². The molecule has 1 aliphatic heterocycles. The summed E-state index contributed by atoms with van der Waals surface area (Å²) in [6.45, 7) is 14.0. The van der Waals surface area contributed by atoms with Crippen LogP contribution in [-0.2, 0) is 5.75 Å². The van der Waals surface area contributed by atoms with E-state index in [0.29, 0.717) is 15.9 Å². The van der Waals surface area contributed by atoms with Crippen LogP contribution in [0.1, 0.15) is 69.3 Å². The van der Waals surface area contributed by atoms with Crippen LogP contribution >= 0.6 is 23.4 Å². The van der Waals surface area contributed by atoms with Crippen LogP contribution < -0.4 is 10.2 Å². The highest BCUT2D eigenvalue weighted by Gasteiger charge is 2.18. The van der Waals surface area contributed by atoms with Gasteiger partial charge in [-0.25, -0.2) is 9.97 Å². The predicted molar refractivity (Wildman–Crippen MR) is 148 cm³/mol. The van der Waals surface area contributed by atoms with Gasteiger partial charge in [0.25, 0.3) is 5.91 Å². The maximum atomic E-state index is 12.6. The van der Waals surface area contributed by atoms with E-state index in [2.05, 4.69) is 47.8 Å². The van der Waals surface area contributed by atoms with Crippen molar-refractivity contribution < 1.29 is 4.79 Å². The van der Waals surface area contributed by atoms with E-state index in [0.717, 1.165) is 68.6 Å². The summed E-state index contributed by atoms with van der Waals surface area (Å²) < 4.78 is 0. The summed E-state index contributed by atoms with van der Waals surface area (Å²) in [4.78, 5) is 26.5. The van der Waals surface area contributed by atoms with Gasteiger partial charge in [-0.15, -0.1) is 0 Å². The number of carbonyl (C=O) groups excluding carboxylic acids is 1. The molecule has 0 saturated carbocycles. The van der Waals surface area contributed by atoms with Gasteiger partial charge in [-0.3, -0.25) is 4.79 Å². The van der Waals surface area contributed by atoms with Crippen LogP contribution in [0.5, 0.6) is 0 Å². The minimum atomic E-state index is -0.0155. The Balaban J connectivity index is 1.48. The number of nitrogens with zero attached hydrogens (tertiary/aromatic N) is 4. The number of rotatable bonds is 12. The highest BCUT2D eigenvalue weighted by molar-refractivity contribution is 7.98. The van der Waals surface area contributed by atoms with Crippen molar-refractivity contribution >= 4 is 35.1 Å². The summed E-state index contributed by atoms with van der Waals surface area (Å²) in [5.41, 5.74) is 1.81. The lowest BCUT2D eigenvalue weighted by atomic mass is 9.99. The van der Waals surface area contributed by atoms with Crippen molar-refractivity contribution in [1.82, 2.24) is 20.2 Å². The number of carbonyl (C=O) groups is 1. The molecule has 1 aromatic heterocycles. The first-order chi connectivity index (χ1) is 16.9. The number of piperidine rings is 1. The number of halogens is 1. The second kappa shape index (κ2) is 14.0. The van der Waals surface area contributed by atoms with Crippen molar-refractivity contribution in [3.05, 3.63) is 46.6 Å². The van der Waals surface area contributed by atoms with Crippen LogP contribution in [0.2, 0.25) is 5.15 Å². The van der Waals surface area contributed by atoms with Crippen LogP contribution in [0, 0.1) is 5.92 Å². The number of hydrogen-bond acceptors (Lipinski definition) is 6. The molecule has 1 unspecified atom stereocenters. The molecule has 1 aromatic carbocycles. The van der Waals surface area contributed by atoms with Gasteiger partial charge in [0.15, 0.2) is 5.16 Å². The quantitative estimate of drug-likeness (QED) is 0.215. The highest BCUT2D eigenvalue weighted by atomic mass is 35.5. The molecule has 192 valence electrons. The van der Waals surface area contributed by atoms with Gasteiger partial charge in [0.2, 0.25) is 0 Å². The largest absolute Gasteiger partial charge is 0.356 e. The summed E-state index contributed by atoms with van der Waals surface area (Å²) in [6.07, 6.45) is 4.43. The Hall–Kier alpha value is -1.83. The first kappa shape index (κ1) is 27.8. The van der Waals surface area contributed by atoms with Crippen LogP contribution in [0.15, 0.2) is 35.5 Å². The van der Waals surface area contributed by atoms with Gasteiger partial charge >= 0.3 is 0 Å². The topological polar surface area (TPSA) is 61.4 Å². The summed E-state index contributed by atoms with van der Waals surface area (Å²) in [7, 11) is 0. The molecule has 0 bridgehead atoms. The molecular weight excluding hydrogens is 478 g/mol. The Morgan fingerprint density at radius 1 is 1.20 bits per heavy atom. The first-order valence-corrected chi connectivity index (χ1v) is 14.3. The van der Waals surface area contributed by atoms with Gasteiger partial charge in [0, 0.05) is 36.5 Å². The van der Waals surface area contributed by atoms with E-state index in [-0.39, 0.29) is 11.9 Å². The number of thioether (sulfide) groups is 1. The van der Waals surface area contributed by atoms with Crippen molar-refractivity contribution in [2.75, 3.05) is 37.6 Å². The second-order valence-electron chi connectivity index (χ2n) is 9.53. The van der Waals surface area contributed by atoms with E-state index in [1.165, 1.54) is 12.8 Å². The van der Waals surface area contributed by atoms with Gasteiger partial charge in [-0.05, 0) is 75.9 Å². The fraction of sp³-hybridized carbons (Fsp3) is 0.593. The summed E-state index contributed by atoms with van der Waals surface area (Å²) in [6, 6.07) is 9.82. The summed E-state index contributed by atoms with van der Waals surface area (Å²) in [5.74, 6) is 2.39. The number of aromatic nitrogens is 2. The van der Waals surface area contributed by atoms with Crippen LogP contribution in [0.3, 0.4) is 0 Å². The van der Waals surface area contributed by atoms with Crippen molar-refractivity contribution in [3.8, 4) is 0 Å². The Morgan fingerprint density at radius 2 is 1.89 bits per heavy atom. The van der Waals surface area contributed by atoms with Crippen molar-refractivity contribution in [2.24, 2.45) is 5.92 Å². The molecule has 1 fully saturated rings. The average Bonchev–Trinajstić information content (AvgIpc) is 2.86. The van der Waals surface area contributed by atoms with E-state index in [4.69, 9.17) is 16.6 Å². The van der Waals surface area contributed by atoms with E-state index in [1.807, 2.05) is 30.3 Å². The third-order valence-corrected chi connectivity index (χ3v) is 7.85. The molecule has 2 heterocycles. The molecule has 0 spiro atoms. The van der Waals surface area contributed by atoms with Crippen molar-refractivity contribution in [1.29, 1.82) is 0 Å². The molecule has 1 N–H and O–H groups in total. The fourth-order valence-corrected chi connectivity index (χ4v) is 5.33. The van der Waals surface area contributed by atoms with Gasteiger partial charge < -0.3 is 15.1 Å². The number of hydrogen-bond donors (Lipinski definition) is 1. The van der Waals surface area contributed by atoms with Crippen molar-refractivity contribution in [3.63, 3.8) is 0 Å². The molecule has 6 nitrogen and oxygen atoms in total. The molecular formula is C27H40ClN5OS. The molecule has 1 amide bonds. The van der Waals surface area contributed by atoms with Gasteiger partial charge in [0.1, 0.15) is 11.0 Å². The molecule has 35 heavy (non-hydrogen) atoms. The molecule has 0 aliphatic carbocycles. The van der Waals surface area contributed by atoms with E-state index >= 15 is 0 Å². The SMILES string of the molecule is CCN(CC)CCCC(C)NC(=O)c1ccc(CSc2nc(Cl)cc(N3CCC(C)CC3)n2)cc1. The van der Waals surface area contributed by atoms with E-state index in [1.54, 1.807) is 11.8 Å². The summed E-state index contributed by atoms with van der Waals surface area (Å²) in [5, 5.41) is 4.29. The minimum Gasteiger partial charge on any atom is -0.356 e. The zero-order chi connectivity index (χ0) is 25.2. The molecule has 1 saturated heterocycles. The van der Waals surface area contributed by atoms with Crippen LogP contribution in [-0.4, -0.2) is 59.5 Å². The lowest BCUT2D eigenvalue weighted by Crippen LogP contribution is -2.33. The number of anilines is 1. The predicted octanol–water partition coefficient (Wildman–Crippen LogP) is 5.90. The number of amides is 1. The average molecular weight is 518 g/mol.